The molecule has 0 bridgehead atoms. The van der Waals surface area contributed by atoms with Crippen LogP contribution in [0, 0.1) is 0 Å². The molecule has 2 amide bonds. The lowest BCUT2D eigenvalue weighted by Gasteiger charge is -2.21. The minimum atomic E-state index is -0.857. The minimum absolute atomic E-state index is 0.0275. The SMILES string of the molecule is C/C=C(\NC(=O)[C@H](C)NC(=O)OC(C)(C)C)C(=O)OCC. The number of esters is 1. The van der Waals surface area contributed by atoms with Gasteiger partial charge >= 0.3 is 12.1 Å². The van der Waals surface area contributed by atoms with Crippen molar-refractivity contribution in [1.29, 1.82) is 0 Å². The Morgan fingerprint density at radius 3 is 2.24 bits per heavy atom. The average molecular weight is 300 g/mol. The largest absolute Gasteiger partial charge is 0.461 e. The molecule has 0 aromatic rings. The van der Waals surface area contributed by atoms with Crippen molar-refractivity contribution >= 4 is 18.0 Å². The van der Waals surface area contributed by atoms with Crippen LogP contribution in [0.15, 0.2) is 11.8 Å². The maximum Gasteiger partial charge on any atom is 0.408 e. The molecule has 0 aliphatic heterocycles. The van der Waals surface area contributed by atoms with E-state index >= 15 is 0 Å². The monoisotopic (exact) mass is 300 g/mol. The van der Waals surface area contributed by atoms with Gasteiger partial charge in [-0.1, -0.05) is 6.08 Å². The zero-order valence-corrected chi connectivity index (χ0v) is 13.4. The van der Waals surface area contributed by atoms with Gasteiger partial charge in [0.25, 0.3) is 0 Å². The normalized spacial score (nSPS) is 13.1. The van der Waals surface area contributed by atoms with Gasteiger partial charge in [0.2, 0.25) is 5.91 Å². The predicted octanol–water partition coefficient (Wildman–Crippen LogP) is 1.48. The van der Waals surface area contributed by atoms with Gasteiger partial charge < -0.3 is 20.1 Å². The van der Waals surface area contributed by atoms with Crippen LogP contribution in [-0.2, 0) is 19.1 Å². The van der Waals surface area contributed by atoms with Gasteiger partial charge in [0.15, 0.2) is 0 Å². The molecule has 0 rings (SSSR count). The Kier molecular flexibility index (Phi) is 7.48. The number of hydrogen-bond acceptors (Lipinski definition) is 5. The minimum Gasteiger partial charge on any atom is -0.461 e. The Labute approximate surface area is 125 Å². The number of alkyl carbamates (subject to hydrolysis) is 1. The van der Waals surface area contributed by atoms with Crippen molar-refractivity contribution in [2.24, 2.45) is 0 Å². The van der Waals surface area contributed by atoms with E-state index in [-0.39, 0.29) is 12.3 Å². The molecule has 0 radical (unpaired) electrons. The van der Waals surface area contributed by atoms with E-state index in [1.165, 1.54) is 13.0 Å². The molecule has 2 N–H and O–H groups in total. The van der Waals surface area contributed by atoms with Gasteiger partial charge in [-0.2, -0.15) is 0 Å². The van der Waals surface area contributed by atoms with Gasteiger partial charge in [0.05, 0.1) is 6.61 Å². The fourth-order valence-corrected chi connectivity index (χ4v) is 1.24. The van der Waals surface area contributed by atoms with Crippen LogP contribution in [0.1, 0.15) is 41.5 Å². The van der Waals surface area contributed by atoms with Gasteiger partial charge in [-0.25, -0.2) is 9.59 Å². The Balaban J connectivity index is 4.51. The summed E-state index contributed by atoms with van der Waals surface area (Å²) in [7, 11) is 0. The lowest BCUT2D eigenvalue weighted by atomic mass is 10.2. The number of hydrogen-bond donors (Lipinski definition) is 2. The molecular weight excluding hydrogens is 276 g/mol. The summed E-state index contributed by atoms with van der Waals surface area (Å²) in [5.41, 5.74) is -0.626. The second kappa shape index (κ2) is 8.28. The molecule has 0 aromatic carbocycles. The molecule has 0 unspecified atom stereocenters. The molecule has 0 aromatic heterocycles. The van der Waals surface area contributed by atoms with Gasteiger partial charge in [-0.05, 0) is 41.5 Å². The van der Waals surface area contributed by atoms with E-state index in [2.05, 4.69) is 10.6 Å². The molecular formula is C14H24N2O5. The Bertz CT molecular complexity index is 424. The summed E-state index contributed by atoms with van der Waals surface area (Å²) >= 11 is 0. The summed E-state index contributed by atoms with van der Waals surface area (Å²) in [6.07, 6.45) is 0.721. The molecule has 21 heavy (non-hydrogen) atoms. The number of amides is 2. The van der Waals surface area contributed by atoms with E-state index in [0.717, 1.165) is 0 Å². The highest BCUT2D eigenvalue weighted by Gasteiger charge is 2.22. The number of rotatable bonds is 5. The van der Waals surface area contributed by atoms with Crippen molar-refractivity contribution in [2.45, 2.75) is 53.2 Å². The van der Waals surface area contributed by atoms with E-state index < -0.39 is 29.6 Å². The maximum atomic E-state index is 11.9. The van der Waals surface area contributed by atoms with E-state index in [1.54, 1.807) is 34.6 Å². The summed E-state index contributed by atoms with van der Waals surface area (Å²) in [5.74, 6) is -1.17. The van der Waals surface area contributed by atoms with Crippen molar-refractivity contribution in [3.8, 4) is 0 Å². The van der Waals surface area contributed by atoms with E-state index in [4.69, 9.17) is 9.47 Å². The van der Waals surface area contributed by atoms with Crippen LogP contribution >= 0.6 is 0 Å². The van der Waals surface area contributed by atoms with Crippen molar-refractivity contribution < 1.29 is 23.9 Å². The summed E-state index contributed by atoms with van der Waals surface area (Å²) < 4.78 is 9.83. The van der Waals surface area contributed by atoms with E-state index in [1.807, 2.05) is 0 Å². The van der Waals surface area contributed by atoms with E-state index in [0.29, 0.717) is 0 Å². The first-order valence-electron chi connectivity index (χ1n) is 6.74. The van der Waals surface area contributed by atoms with Gasteiger partial charge in [0.1, 0.15) is 17.3 Å². The van der Waals surface area contributed by atoms with Gasteiger partial charge in [-0.15, -0.1) is 0 Å². The molecule has 0 aliphatic carbocycles. The Morgan fingerprint density at radius 1 is 1.24 bits per heavy atom. The van der Waals surface area contributed by atoms with Crippen LogP contribution in [0.3, 0.4) is 0 Å². The third kappa shape index (κ3) is 7.96. The Morgan fingerprint density at radius 2 is 1.81 bits per heavy atom. The molecule has 0 aliphatic rings. The van der Waals surface area contributed by atoms with Crippen molar-refractivity contribution in [1.82, 2.24) is 10.6 Å². The third-order valence-electron chi connectivity index (χ3n) is 2.17. The van der Waals surface area contributed by atoms with Crippen LogP contribution in [-0.4, -0.2) is 36.2 Å². The number of allylic oxidation sites excluding steroid dienone is 1. The van der Waals surface area contributed by atoms with Crippen LogP contribution < -0.4 is 10.6 Å². The zero-order chi connectivity index (χ0) is 16.6. The fraction of sp³-hybridized carbons (Fsp3) is 0.643. The first-order valence-corrected chi connectivity index (χ1v) is 6.74. The topological polar surface area (TPSA) is 93.7 Å². The number of ether oxygens (including phenoxy) is 2. The van der Waals surface area contributed by atoms with Crippen molar-refractivity contribution in [3.63, 3.8) is 0 Å². The number of carbonyl (C=O) groups is 3. The van der Waals surface area contributed by atoms with Crippen LogP contribution in [0.2, 0.25) is 0 Å². The number of nitrogens with one attached hydrogen (secondary N) is 2. The first kappa shape index (κ1) is 18.9. The third-order valence-corrected chi connectivity index (χ3v) is 2.17. The lowest BCUT2D eigenvalue weighted by molar-refractivity contribution is -0.140. The molecule has 120 valence electrons. The van der Waals surface area contributed by atoms with Crippen molar-refractivity contribution in [2.75, 3.05) is 6.61 Å². The molecule has 0 saturated carbocycles. The highest BCUT2D eigenvalue weighted by atomic mass is 16.6. The summed E-state index contributed by atoms with van der Waals surface area (Å²) in [5, 5.41) is 4.78. The molecule has 1 atom stereocenters. The zero-order valence-electron chi connectivity index (χ0n) is 13.4. The quantitative estimate of drug-likeness (QED) is 0.592. The lowest BCUT2D eigenvalue weighted by Crippen LogP contribution is -2.47. The molecule has 0 saturated heterocycles. The molecule has 0 heterocycles. The maximum absolute atomic E-state index is 11.9. The average Bonchev–Trinajstić information content (AvgIpc) is 2.33. The van der Waals surface area contributed by atoms with Crippen LogP contribution in [0.25, 0.3) is 0 Å². The van der Waals surface area contributed by atoms with Crippen molar-refractivity contribution in [3.05, 3.63) is 11.8 Å². The highest BCUT2D eigenvalue weighted by molar-refractivity contribution is 5.96. The second-order valence-corrected chi connectivity index (χ2v) is 5.28. The standard InChI is InChI=1S/C14H24N2O5/c1-7-10(12(18)20-8-2)16-11(17)9(3)15-13(19)21-14(4,5)6/h7,9H,8H2,1-6H3,(H,15,19)(H,16,17)/b10-7-/t9-/m0/s1. The van der Waals surface area contributed by atoms with E-state index in [9.17, 15) is 14.4 Å². The molecule has 0 fully saturated rings. The smallest absolute Gasteiger partial charge is 0.408 e. The van der Waals surface area contributed by atoms with Gasteiger partial charge in [0, 0.05) is 0 Å². The fourth-order valence-electron chi connectivity index (χ4n) is 1.24. The first-order chi connectivity index (χ1) is 9.60. The van der Waals surface area contributed by atoms with Crippen LogP contribution in [0.5, 0.6) is 0 Å². The number of carbonyl (C=O) groups excluding carboxylic acids is 3. The summed E-state index contributed by atoms with van der Waals surface area (Å²) in [4.78, 5) is 35.0. The summed E-state index contributed by atoms with van der Waals surface area (Å²) in [6.45, 7) is 10.1. The molecule has 7 heteroatoms. The second-order valence-electron chi connectivity index (χ2n) is 5.28. The summed E-state index contributed by atoms with van der Waals surface area (Å²) in [6, 6.07) is -0.857. The molecule has 0 spiro atoms. The van der Waals surface area contributed by atoms with Crippen LogP contribution in [0.4, 0.5) is 4.79 Å². The molecule has 7 nitrogen and oxygen atoms in total. The highest BCUT2D eigenvalue weighted by Crippen LogP contribution is 2.06. The predicted molar refractivity (Wildman–Crippen MR) is 77.4 cm³/mol. The Hall–Kier alpha value is -2.05. The van der Waals surface area contributed by atoms with Gasteiger partial charge in [-0.3, -0.25) is 4.79 Å².